The van der Waals surface area contributed by atoms with E-state index in [1.807, 2.05) is 22.4 Å². The smallest absolute Gasteiger partial charge is 0.242 e. The van der Waals surface area contributed by atoms with Crippen LogP contribution >= 0.6 is 12.2 Å². The second-order valence-electron chi connectivity index (χ2n) is 4.36. The lowest BCUT2D eigenvalue weighted by atomic mass is 10.3. The summed E-state index contributed by atoms with van der Waals surface area (Å²) < 4.78 is 9.62. The molecule has 0 aliphatic carbocycles. The van der Waals surface area contributed by atoms with Gasteiger partial charge in [0.1, 0.15) is 11.8 Å². The molecule has 7 nitrogen and oxygen atoms in total. The first kappa shape index (κ1) is 12.8. The molecule has 104 valence electrons. The van der Waals surface area contributed by atoms with E-state index >= 15 is 0 Å². The van der Waals surface area contributed by atoms with E-state index in [0.717, 1.165) is 29.8 Å². The maximum absolute atomic E-state index is 5.35. The number of H-pyrrole nitrogens is 1. The van der Waals surface area contributed by atoms with Crippen LogP contribution in [-0.4, -0.2) is 36.4 Å². The molecule has 0 radical (unpaired) electrons. The summed E-state index contributed by atoms with van der Waals surface area (Å²) in [5.74, 6) is 0.500. The van der Waals surface area contributed by atoms with Gasteiger partial charge in [0.15, 0.2) is 10.4 Å². The fourth-order valence-electron chi connectivity index (χ4n) is 2.18. The van der Waals surface area contributed by atoms with Crippen molar-refractivity contribution in [2.24, 2.45) is 7.05 Å². The average molecular weight is 290 g/mol. The number of imidazole rings is 1. The second-order valence-corrected chi connectivity index (χ2v) is 4.75. The summed E-state index contributed by atoms with van der Waals surface area (Å²) in [4.78, 5) is 11.4. The summed E-state index contributed by atoms with van der Waals surface area (Å²) in [5, 5.41) is 4.16. The van der Waals surface area contributed by atoms with Crippen LogP contribution in [0.1, 0.15) is 5.69 Å². The molecule has 0 aliphatic heterocycles. The highest BCUT2D eigenvalue weighted by Crippen LogP contribution is 2.20. The van der Waals surface area contributed by atoms with Crippen LogP contribution in [-0.2, 0) is 20.0 Å². The molecular formula is C12H14N6OS. The van der Waals surface area contributed by atoms with E-state index in [9.17, 15) is 0 Å². The monoisotopic (exact) mass is 290 g/mol. The molecular weight excluding hydrogens is 276 g/mol. The van der Waals surface area contributed by atoms with E-state index in [1.54, 1.807) is 13.3 Å². The van der Waals surface area contributed by atoms with Gasteiger partial charge in [-0.1, -0.05) is 0 Å². The van der Waals surface area contributed by atoms with Gasteiger partial charge >= 0.3 is 0 Å². The quantitative estimate of drug-likeness (QED) is 0.737. The van der Waals surface area contributed by atoms with Gasteiger partial charge in [0, 0.05) is 31.9 Å². The summed E-state index contributed by atoms with van der Waals surface area (Å²) in [5.41, 5.74) is 2.62. The SMILES string of the molecule is COc1ncnc2c1[nH]c(=S)n2CCc1ccnn1C. The largest absolute Gasteiger partial charge is 0.479 e. The highest BCUT2D eigenvalue weighted by atomic mass is 32.1. The zero-order chi connectivity index (χ0) is 14.1. The lowest BCUT2D eigenvalue weighted by Crippen LogP contribution is -2.06. The van der Waals surface area contributed by atoms with E-state index in [4.69, 9.17) is 17.0 Å². The molecule has 3 aromatic heterocycles. The van der Waals surface area contributed by atoms with Gasteiger partial charge in [-0.25, -0.2) is 4.98 Å². The van der Waals surface area contributed by atoms with Crippen molar-refractivity contribution in [2.75, 3.05) is 7.11 Å². The molecule has 0 unspecified atom stereocenters. The maximum atomic E-state index is 5.35. The number of fused-ring (bicyclic) bond motifs is 1. The van der Waals surface area contributed by atoms with Crippen molar-refractivity contribution in [3.63, 3.8) is 0 Å². The predicted octanol–water partition coefficient (Wildman–Crippen LogP) is 1.47. The van der Waals surface area contributed by atoms with Gasteiger partial charge in [-0.05, 0) is 18.3 Å². The number of aromatic nitrogens is 6. The molecule has 1 N–H and O–H groups in total. The van der Waals surface area contributed by atoms with Crippen LogP contribution in [0.4, 0.5) is 0 Å². The Bertz CT molecular complexity index is 802. The number of hydrogen-bond acceptors (Lipinski definition) is 5. The molecule has 0 fully saturated rings. The zero-order valence-corrected chi connectivity index (χ0v) is 12.0. The Labute approximate surface area is 120 Å². The van der Waals surface area contributed by atoms with Gasteiger partial charge in [-0.2, -0.15) is 10.1 Å². The molecule has 0 aliphatic rings. The van der Waals surface area contributed by atoms with Crippen molar-refractivity contribution >= 4 is 23.4 Å². The highest BCUT2D eigenvalue weighted by Gasteiger charge is 2.11. The Hall–Kier alpha value is -2.22. The van der Waals surface area contributed by atoms with Crippen LogP contribution in [0, 0.1) is 4.77 Å². The minimum Gasteiger partial charge on any atom is -0.479 e. The number of nitrogens with one attached hydrogen (secondary N) is 1. The summed E-state index contributed by atoms with van der Waals surface area (Å²) >= 11 is 5.35. The minimum atomic E-state index is 0.500. The van der Waals surface area contributed by atoms with Crippen LogP contribution in [0.25, 0.3) is 11.2 Å². The van der Waals surface area contributed by atoms with Crippen molar-refractivity contribution in [2.45, 2.75) is 13.0 Å². The van der Waals surface area contributed by atoms with Crippen LogP contribution in [0.15, 0.2) is 18.6 Å². The molecule has 0 spiro atoms. The Morgan fingerprint density at radius 1 is 1.40 bits per heavy atom. The van der Waals surface area contributed by atoms with Gasteiger partial charge < -0.3 is 14.3 Å². The number of aryl methyl sites for hydroxylation is 3. The van der Waals surface area contributed by atoms with Crippen molar-refractivity contribution < 1.29 is 4.74 Å². The van der Waals surface area contributed by atoms with Crippen LogP contribution in [0.5, 0.6) is 5.88 Å². The van der Waals surface area contributed by atoms with Crippen molar-refractivity contribution in [3.05, 3.63) is 29.1 Å². The van der Waals surface area contributed by atoms with Crippen LogP contribution in [0.3, 0.4) is 0 Å². The van der Waals surface area contributed by atoms with Crippen molar-refractivity contribution in [1.29, 1.82) is 0 Å². The third-order valence-corrected chi connectivity index (χ3v) is 3.56. The van der Waals surface area contributed by atoms with Gasteiger partial charge in [0.2, 0.25) is 5.88 Å². The summed E-state index contributed by atoms with van der Waals surface area (Å²) in [6.07, 6.45) is 4.09. The highest BCUT2D eigenvalue weighted by molar-refractivity contribution is 7.71. The van der Waals surface area contributed by atoms with E-state index in [-0.39, 0.29) is 0 Å². The number of aromatic amines is 1. The molecule has 20 heavy (non-hydrogen) atoms. The molecule has 0 amide bonds. The first-order chi connectivity index (χ1) is 9.70. The Balaban J connectivity index is 1.98. The molecule has 8 heteroatoms. The third kappa shape index (κ3) is 2.07. The van der Waals surface area contributed by atoms with E-state index in [2.05, 4.69) is 20.1 Å². The van der Waals surface area contributed by atoms with E-state index < -0.39 is 0 Å². The lowest BCUT2D eigenvalue weighted by Gasteiger charge is -2.05. The lowest BCUT2D eigenvalue weighted by molar-refractivity contribution is 0.401. The molecule has 0 saturated carbocycles. The Morgan fingerprint density at radius 3 is 2.95 bits per heavy atom. The Morgan fingerprint density at radius 2 is 2.25 bits per heavy atom. The summed E-state index contributed by atoms with van der Waals surface area (Å²) in [7, 11) is 3.50. The number of methoxy groups -OCH3 is 1. The number of rotatable bonds is 4. The molecule has 0 saturated heterocycles. The zero-order valence-electron chi connectivity index (χ0n) is 11.2. The summed E-state index contributed by atoms with van der Waals surface area (Å²) in [6.45, 7) is 0.721. The van der Waals surface area contributed by atoms with Crippen LogP contribution in [0.2, 0.25) is 0 Å². The Kier molecular flexibility index (Phi) is 3.23. The molecule has 0 bridgehead atoms. The van der Waals surface area contributed by atoms with Gasteiger partial charge in [0.25, 0.3) is 0 Å². The molecule has 0 atom stereocenters. The average Bonchev–Trinajstić information content (AvgIpc) is 2.99. The first-order valence-corrected chi connectivity index (χ1v) is 6.56. The number of nitrogens with zero attached hydrogens (tertiary/aromatic N) is 5. The van der Waals surface area contributed by atoms with Crippen LogP contribution < -0.4 is 4.74 Å². The second kappa shape index (κ2) is 5.04. The molecule has 0 aromatic carbocycles. The third-order valence-electron chi connectivity index (χ3n) is 3.23. The molecule has 3 heterocycles. The molecule has 3 rings (SSSR count). The van der Waals surface area contributed by atoms with E-state index in [0.29, 0.717) is 10.7 Å². The normalized spacial score (nSPS) is 11.1. The van der Waals surface area contributed by atoms with Gasteiger partial charge in [-0.3, -0.25) is 4.68 Å². The van der Waals surface area contributed by atoms with Gasteiger partial charge in [-0.15, -0.1) is 0 Å². The standard InChI is InChI=1S/C12H14N6OS/c1-17-8(3-5-15-17)4-6-18-10-9(16-12(18)20)11(19-2)14-7-13-10/h3,5,7H,4,6H2,1-2H3,(H,16,20). The fraction of sp³-hybridized carbons (Fsp3) is 0.333. The first-order valence-electron chi connectivity index (χ1n) is 6.15. The number of hydrogen-bond donors (Lipinski definition) is 1. The minimum absolute atomic E-state index is 0.500. The fourth-order valence-corrected chi connectivity index (χ4v) is 2.46. The van der Waals surface area contributed by atoms with Crippen molar-refractivity contribution in [3.8, 4) is 5.88 Å². The predicted molar refractivity (Wildman–Crippen MR) is 76.2 cm³/mol. The summed E-state index contributed by atoms with van der Waals surface area (Å²) in [6, 6.07) is 1.99. The topological polar surface area (TPSA) is 73.6 Å². The van der Waals surface area contributed by atoms with E-state index in [1.165, 1.54) is 6.33 Å². The molecule has 3 aromatic rings. The maximum Gasteiger partial charge on any atom is 0.242 e. The number of ether oxygens (including phenoxy) is 1. The van der Waals surface area contributed by atoms with Gasteiger partial charge in [0.05, 0.1) is 7.11 Å². The van der Waals surface area contributed by atoms with Crippen molar-refractivity contribution in [1.82, 2.24) is 29.3 Å².